The van der Waals surface area contributed by atoms with Crippen molar-refractivity contribution in [3.05, 3.63) is 90.1 Å². The topological polar surface area (TPSA) is 84.2 Å². The number of aromatic nitrogens is 1. The van der Waals surface area contributed by atoms with Gasteiger partial charge in [0, 0.05) is 25.4 Å². The average molecular weight is 349 g/mol. The highest BCUT2D eigenvalue weighted by molar-refractivity contribution is 5.91. The molecule has 2 amide bonds. The normalized spacial score (nSPS) is 11.5. The Hall–Kier alpha value is -3.41. The van der Waals surface area contributed by atoms with E-state index in [-0.39, 0.29) is 36.6 Å². The second-order valence-corrected chi connectivity index (χ2v) is 5.67. The van der Waals surface area contributed by atoms with Crippen LogP contribution in [-0.4, -0.2) is 23.3 Å². The first kappa shape index (κ1) is 17.4. The summed E-state index contributed by atoms with van der Waals surface area (Å²) in [5.41, 5.74) is 1.92. The number of rotatable bonds is 7. The number of carbonyl (C=O) groups excluding carboxylic acids is 2. The second kappa shape index (κ2) is 8.62. The van der Waals surface area contributed by atoms with Gasteiger partial charge in [0.05, 0.1) is 12.3 Å². The molecule has 0 aliphatic heterocycles. The van der Waals surface area contributed by atoms with Crippen molar-refractivity contribution in [3.8, 4) is 0 Å². The third kappa shape index (κ3) is 4.57. The Morgan fingerprint density at radius 1 is 0.962 bits per heavy atom. The van der Waals surface area contributed by atoms with E-state index in [2.05, 4.69) is 15.6 Å². The van der Waals surface area contributed by atoms with Crippen molar-refractivity contribution in [1.82, 2.24) is 15.6 Å². The van der Waals surface area contributed by atoms with Crippen LogP contribution >= 0.6 is 0 Å². The molecule has 2 aromatic heterocycles. The summed E-state index contributed by atoms with van der Waals surface area (Å²) in [5, 5.41) is 5.68. The van der Waals surface area contributed by atoms with Gasteiger partial charge in [0.25, 0.3) is 5.91 Å². The number of benzene rings is 1. The maximum atomic E-state index is 12.4. The molecule has 0 aliphatic carbocycles. The highest BCUT2D eigenvalue weighted by atomic mass is 16.3. The molecule has 0 bridgehead atoms. The lowest BCUT2D eigenvalue weighted by atomic mass is 9.99. The average Bonchev–Trinajstić information content (AvgIpc) is 3.22. The molecule has 1 unspecified atom stereocenters. The van der Waals surface area contributed by atoms with Crippen LogP contribution in [0, 0.1) is 0 Å². The van der Waals surface area contributed by atoms with Gasteiger partial charge < -0.3 is 15.1 Å². The predicted octanol–water partition coefficient (Wildman–Crippen LogP) is 2.70. The van der Waals surface area contributed by atoms with Crippen molar-refractivity contribution in [3.63, 3.8) is 0 Å². The molecule has 3 aromatic rings. The van der Waals surface area contributed by atoms with Crippen LogP contribution in [0.5, 0.6) is 0 Å². The largest absolute Gasteiger partial charge is 0.459 e. The van der Waals surface area contributed by atoms with Crippen LogP contribution in [0.25, 0.3) is 0 Å². The quantitative estimate of drug-likeness (QED) is 0.687. The number of carbonyl (C=O) groups is 2. The van der Waals surface area contributed by atoms with Gasteiger partial charge in [-0.1, -0.05) is 30.3 Å². The summed E-state index contributed by atoms with van der Waals surface area (Å²) in [6.07, 6.45) is 4.99. The summed E-state index contributed by atoms with van der Waals surface area (Å²) >= 11 is 0. The molecule has 2 N–H and O–H groups in total. The molecule has 0 saturated carbocycles. The van der Waals surface area contributed by atoms with Crippen molar-refractivity contribution in [2.75, 3.05) is 6.54 Å². The fourth-order valence-corrected chi connectivity index (χ4v) is 2.58. The summed E-state index contributed by atoms with van der Waals surface area (Å²) in [7, 11) is 0. The van der Waals surface area contributed by atoms with Crippen LogP contribution in [0.4, 0.5) is 0 Å². The zero-order valence-electron chi connectivity index (χ0n) is 14.1. The molecule has 1 aromatic carbocycles. The van der Waals surface area contributed by atoms with Crippen molar-refractivity contribution >= 4 is 11.8 Å². The van der Waals surface area contributed by atoms with Crippen LogP contribution in [0.3, 0.4) is 0 Å². The van der Waals surface area contributed by atoms with E-state index >= 15 is 0 Å². The lowest BCUT2D eigenvalue weighted by Crippen LogP contribution is -2.33. The molecular formula is C20H19N3O3. The van der Waals surface area contributed by atoms with Gasteiger partial charge in [0.15, 0.2) is 5.76 Å². The number of hydrogen-bond acceptors (Lipinski definition) is 4. The van der Waals surface area contributed by atoms with Gasteiger partial charge in [-0.25, -0.2) is 0 Å². The van der Waals surface area contributed by atoms with E-state index < -0.39 is 0 Å². The summed E-state index contributed by atoms with van der Waals surface area (Å²) in [5.74, 6) is -0.267. The molecule has 6 nitrogen and oxygen atoms in total. The van der Waals surface area contributed by atoms with Crippen LogP contribution < -0.4 is 10.6 Å². The summed E-state index contributed by atoms with van der Waals surface area (Å²) in [6.45, 7) is 0.225. The fourth-order valence-electron chi connectivity index (χ4n) is 2.58. The Morgan fingerprint density at radius 3 is 2.38 bits per heavy atom. The molecule has 0 aliphatic rings. The number of furan rings is 1. The molecule has 0 spiro atoms. The molecule has 6 heteroatoms. The Morgan fingerprint density at radius 2 is 1.69 bits per heavy atom. The minimum atomic E-state index is -0.337. The molecule has 0 radical (unpaired) electrons. The molecule has 2 heterocycles. The van der Waals surface area contributed by atoms with Gasteiger partial charge in [-0.05, 0) is 35.4 Å². The number of amides is 2. The number of hydrogen-bond donors (Lipinski definition) is 2. The van der Waals surface area contributed by atoms with E-state index in [1.165, 1.54) is 6.26 Å². The van der Waals surface area contributed by atoms with E-state index in [0.29, 0.717) is 0 Å². The van der Waals surface area contributed by atoms with Crippen molar-refractivity contribution in [1.29, 1.82) is 0 Å². The second-order valence-electron chi connectivity index (χ2n) is 5.67. The van der Waals surface area contributed by atoms with Crippen LogP contribution in [0.1, 0.15) is 34.1 Å². The third-order valence-electron chi connectivity index (χ3n) is 3.86. The Labute approximate surface area is 151 Å². The molecule has 0 fully saturated rings. The minimum absolute atomic E-state index is 0.157. The summed E-state index contributed by atoms with van der Waals surface area (Å²) < 4.78 is 5.01. The number of pyridine rings is 1. The Bertz CT molecular complexity index is 794. The SMILES string of the molecule is O=C(CCNC(=O)c1ccco1)NC(c1ccccc1)c1ccncc1. The van der Waals surface area contributed by atoms with Crippen molar-refractivity contribution in [2.24, 2.45) is 0 Å². The van der Waals surface area contributed by atoms with Crippen molar-refractivity contribution < 1.29 is 14.0 Å². The first-order valence-corrected chi connectivity index (χ1v) is 8.30. The van der Waals surface area contributed by atoms with Crippen LogP contribution in [-0.2, 0) is 4.79 Å². The monoisotopic (exact) mass is 349 g/mol. The molecule has 3 rings (SSSR count). The van der Waals surface area contributed by atoms with Crippen LogP contribution in [0.15, 0.2) is 77.7 Å². The Balaban J connectivity index is 1.60. The zero-order valence-corrected chi connectivity index (χ0v) is 14.1. The van der Waals surface area contributed by atoms with Gasteiger partial charge in [0.1, 0.15) is 0 Å². The first-order chi connectivity index (χ1) is 12.7. The third-order valence-corrected chi connectivity index (χ3v) is 3.86. The van der Waals surface area contributed by atoms with E-state index in [4.69, 9.17) is 4.42 Å². The van der Waals surface area contributed by atoms with Gasteiger partial charge in [-0.15, -0.1) is 0 Å². The summed E-state index contributed by atoms with van der Waals surface area (Å²) in [4.78, 5) is 28.2. The van der Waals surface area contributed by atoms with Crippen LogP contribution in [0.2, 0.25) is 0 Å². The molecule has 1 atom stereocenters. The van der Waals surface area contributed by atoms with E-state index in [9.17, 15) is 9.59 Å². The maximum absolute atomic E-state index is 12.4. The molecular weight excluding hydrogens is 330 g/mol. The number of nitrogens with zero attached hydrogens (tertiary/aromatic N) is 1. The van der Waals surface area contributed by atoms with Gasteiger partial charge >= 0.3 is 0 Å². The van der Waals surface area contributed by atoms with E-state index in [1.807, 2.05) is 42.5 Å². The minimum Gasteiger partial charge on any atom is -0.459 e. The molecule has 132 valence electrons. The van der Waals surface area contributed by atoms with E-state index in [0.717, 1.165) is 11.1 Å². The fraction of sp³-hybridized carbons (Fsp3) is 0.150. The van der Waals surface area contributed by atoms with Gasteiger partial charge in [-0.3, -0.25) is 14.6 Å². The van der Waals surface area contributed by atoms with Gasteiger partial charge in [0.2, 0.25) is 5.91 Å². The Kier molecular flexibility index (Phi) is 5.77. The van der Waals surface area contributed by atoms with Gasteiger partial charge in [-0.2, -0.15) is 0 Å². The maximum Gasteiger partial charge on any atom is 0.286 e. The lowest BCUT2D eigenvalue weighted by Gasteiger charge is -2.19. The van der Waals surface area contributed by atoms with Crippen molar-refractivity contribution in [2.45, 2.75) is 12.5 Å². The predicted molar refractivity (Wildman–Crippen MR) is 96.3 cm³/mol. The highest BCUT2D eigenvalue weighted by Gasteiger charge is 2.17. The smallest absolute Gasteiger partial charge is 0.286 e. The zero-order chi connectivity index (χ0) is 18.2. The highest BCUT2D eigenvalue weighted by Crippen LogP contribution is 2.21. The first-order valence-electron chi connectivity index (χ1n) is 8.30. The molecule has 26 heavy (non-hydrogen) atoms. The van der Waals surface area contributed by atoms with E-state index in [1.54, 1.807) is 24.5 Å². The summed E-state index contributed by atoms with van der Waals surface area (Å²) in [6, 6.07) is 16.4. The number of nitrogens with one attached hydrogen (secondary N) is 2. The lowest BCUT2D eigenvalue weighted by molar-refractivity contribution is -0.121. The standard InChI is InChI=1S/C20H19N3O3/c24-18(10-13-22-20(25)17-7-4-14-26-17)23-19(15-5-2-1-3-6-15)16-8-11-21-12-9-16/h1-9,11-12,14,19H,10,13H2,(H,22,25)(H,23,24). The molecule has 0 saturated heterocycles.